The zero-order valence-electron chi connectivity index (χ0n) is 20.0. The zero-order chi connectivity index (χ0) is 24.9. The fourth-order valence-corrected chi connectivity index (χ4v) is 4.76. The highest BCUT2D eigenvalue weighted by atomic mass is 35.5. The van der Waals surface area contributed by atoms with Crippen LogP contribution >= 0.6 is 11.6 Å². The van der Waals surface area contributed by atoms with Gasteiger partial charge in [-0.05, 0) is 31.0 Å². The third-order valence-electron chi connectivity index (χ3n) is 6.45. The molecule has 0 aliphatic carbocycles. The van der Waals surface area contributed by atoms with Crippen LogP contribution in [-0.4, -0.2) is 71.6 Å². The summed E-state index contributed by atoms with van der Waals surface area (Å²) in [5.41, 5.74) is 1.27. The Morgan fingerprint density at radius 3 is 2.81 bits per heavy atom. The first-order valence-electron chi connectivity index (χ1n) is 12.3. The number of anilines is 2. The van der Waals surface area contributed by atoms with Crippen molar-refractivity contribution in [2.24, 2.45) is 0 Å². The number of benzene rings is 2. The zero-order valence-corrected chi connectivity index (χ0v) is 20.7. The highest BCUT2D eigenvalue weighted by Gasteiger charge is 2.21. The number of likely N-dealkylation sites (tertiary alicyclic amines) is 1. The fourth-order valence-electron chi connectivity index (χ4n) is 4.58. The van der Waals surface area contributed by atoms with E-state index >= 15 is 0 Å². The van der Waals surface area contributed by atoms with Gasteiger partial charge in [0.15, 0.2) is 0 Å². The van der Waals surface area contributed by atoms with Crippen molar-refractivity contribution in [2.75, 3.05) is 44.8 Å². The molecule has 10 heteroatoms. The Labute approximate surface area is 214 Å². The maximum absolute atomic E-state index is 13.6. The average molecular weight is 517 g/mol. The van der Waals surface area contributed by atoms with Crippen molar-refractivity contribution in [3.63, 3.8) is 0 Å². The van der Waals surface area contributed by atoms with E-state index in [-0.39, 0.29) is 17.2 Å². The molecule has 2 aliphatic heterocycles. The summed E-state index contributed by atoms with van der Waals surface area (Å²) < 4.78 is 31.6. The van der Waals surface area contributed by atoms with Crippen LogP contribution in [0.1, 0.15) is 25.7 Å². The number of aromatic nitrogens is 2. The second kappa shape index (κ2) is 11.6. The van der Waals surface area contributed by atoms with Crippen molar-refractivity contribution in [3.05, 3.63) is 47.5 Å². The molecule has 3 aromatic rings. The molecule has 2 aliphatic rings. The van der Waals surface area contributed by atoms with Gasteiger partial charge in [-0.3, -0.25) is 0 Å². The summed E-state index contributed by atoms with van der Waals surface area (Å²) in [6.45, 7) is 4.38. The average Bonchev–Trinajstić information content (AvgIpc) is 3.29. The van der Waals surface area contributed by atoms with Gasteiger partial charge in [-0.2, -0.15) is 0 Å². The van der Waals surface area contributed by atoms with Crippen molar-refractivity contribution in [1.29, 1.82) is 0 Å². The number of β-amino-alcohol motifs (C(OH)–C–C–N with tert-alkyl or cyclic N) is 1. The van der Waals surface area contributed by atoms with Crippen LogP contribution in [0.25, 0.3) is 10.9 Å². The molecule has 1 atom stereocenters. The normalized spacial score (nSPS) is 19.0. The van der Waals surface area contributed by atoms with Gasteiger partial charge in [0.25, 0.3) is 0 Å². The molecule has 1 unspecified atom stereocenters. The highest BCUT2D eigenvalue weighted by Crippen LogP contribution is 2.37. The van der Waals surface area contributed by atoms with Crippen LogP contribution in [0.5, 0.6) is 11.5 Å². The largest absolute Gasteiger partial charge is 0.493 e. The van der Waals surface area contributed by atoms with Gasteiger partial charge in [0.05, 0.1) is 41.9 Å². The molecule has 0 amide bonds. The van der Waals surface area contributed by atoms with Gasteiger partial charge in [0.2, 0.25) is 0 Å². The van der Waals surface area contributed by atoms with Crippen molar-refractivity contribution in [2.45, 2.75) is 37.9 Å². The maximum Gasteiger partial charge on any atom is 0.145 e. The van der Waals surface area contributed by atoms with Crippen LogP contribution in [0.15, 0.2) is 36.7 Å². The molecule has 0 radical (unpaired) electrons. The predicted octanol–water partition coefficient (Wildman–Crippen LogP) is 4.56. The Morgan fingerprint density at radius 1 is 1.17 bits per heavy atom. The number of aliphatic hydroxyl groups is 1. The monoisotopic (exact) mass is 516 g/mol. The van der Waals surface area contributed by atoms with E-state index in [9.17, 15) is 9.50 Å². The molecule has 1 aromatic heterocycles. The molecule has 0 spiro atoms. The van der Waals surface area contributed by atoms with Gasteiger partial charge < -0.3 is 29.5 Å². The fraction of sp³-hybridized carbons (Fsp3) is 0.462. The SMILES string of the molecule is OC1CCN(CCCOc2cc(OC3CCOCC3)c3c(Nc4ccc(F)c(Cl)c4)ncnc3c2)C1. The van der Waals surface area contributed by atoms with E-state index in [1.54, 1.807) is 6.07 Å². The standard InChI is InChI=1S/C26H30ClFN4O4/c27-21-12-17(2-3-22(21)28)31-26-25-23(29-16-30-26)13-20(14-24(25)36-19-5-10-34-11-6-19)35-9-1-7-32-8-4-18(33)15-32/h2-3,12-14,16,18-19,33H,1,4-11,15H2,(H,29,30,31). The minimum absolute atomic E-state index is 0.00659. The lowest BCUT2D eigenvalue weighted by Gasteiger charge is -2.25. The first-order valence-corrected chi connectivity index (χ1v) is 12.7. The van der Waals surface area contributed by atoms with E-state index in [2.05, 4.69) is 20.2 Å². The van der Waals surface area contributed by atoms with Crippen LogP contribution in [0, 0.1) is 5.82 Å². The molecule has 2 saturated heterocycles. The highest BCUT2D eigenvalue weighted by molar-refractivity contribution is 6.31. The van der Waals surface area contributed by atoms with E-state index in [0.717, 1.165) is 45.3 Å². The Balaban J connectivity index is 1.38. The van der Waals surface area contributed by atoms with Gasteiger partial charge >= 0.3 is 0 Å². The van der Waals surface area contributed by atoms with Gasteiger partial charge in [-0.25, -0.2) is 14.4 Å². The number of ether oxygens (including phenoxy) is 3. The van der Waals surface area contributed by atoms with Crippen LogP contribution in [0.3, 0.4) is 0 Å². The number of aliphatic hydroxyl groups excluding tert-OH is 1. The molecule has 2 N–H and O–H groups in total. The molecular formula is C26H30ClFN4O4. The lowest BCUT2D eigenvalue weighted by Crippen LogP contribution is -2.26. The Kier molecular flexibility index (Phi) is 8.01. The lowest BCUT2D eigenvalue weighted by molar-refractivity contribution is 0.0261. The topological polar surface area (TPSA) is 89.0 Å². The number of hydrogen-bond acceptors (Lipinski definition) is 8. The number of nitrogens with zero attached hydrogens (tertiary/aromatic N) is 3. The van der Waals surface area contributed by atoms with Crippen molar-refractivity contribution >= 4 is 34.0 Å². The third kappa shape index (κ3) is 6.15. The van der Waals surface area contributed by atoms with E-state index < -0.39 is 5.82 Å². The second-order valence-electron chi connectivity index (χ2n) is 9.17. The predicted molar refractivity (Wildman–Crippen MR) is 136 cm³/mol. The van der Waals surface area contributed by atoms with Crippen molar-refractivity contribution in [1.82, 2.24) is 14.9 Å². The summed E-state index contributed by atoms with van der Waals surface area (Å²) in [6.07, 6.45) is 4.52. The van der Waals surface area contributed by atoms with Crippen LogP contribution in [0.4, 0.5) is 15.9 Å². The summed E-state index contributed by atoms with van der Waals surface area (Å²) in [7, 11) is 0. The van der Waals surface area contributed by atoms with E-state index in [1.807, 2.05) is 12.1 Å². The molecule has 5 rings (SSSR count). The minimum atomic E-state index is -0.485. The number of fused-ring (bicyclic) bond motifs is 1. The number of halogens is 2. The van der Waals surface area contributed by atoms with E-state index in [0.29, 0.717) is 53.7 Å². The van der Waals surface area contributed by atoms with E-state index in [4.69, 9.17) is 25.8 Å². The maximum atomic E-state index is 13.6. The lowest BCUT2D eigenvalue weighted by atomic mass is 10.1. The summed E-state index contributed by atoms with van der Waals surface area (Å²) in [6, 6.07) is 8.17. The van der Waals surface area contributed by atoms with E-state index in [1.165, 1.54) is 18.5 Å². The minimum Gasteiger partial charge on any atom is -0.493 e. The molecule has 2 aromatic carbocycles. The Morgan fingerprint density at radius 2 is 2.03 bits per heavy atom. The smallest absolute Gasteiger partial charge is 0.145 e. The van der Waals surface area contributed by atoms with Crippen molar-refractivity contribution in [3.8, 4) is 11.5 Å². The number of hydrogen-bond donors (Lipinski definition) is 2. The molecule has 8 nitrogen and oxygen atoms in total. The quantitative estimate of drug-likeness (QED) is 0.400. The van der Waals surface area contributed by atoms with Gasteiger partial charge in [0.1, 0.15) is 35.6 Å². The Hall–Kier alpha value is -2.72. The van der Waals surface area contributed by atoms with Crippen molar-refractivity contribution < 1.29 is 23.7 Å². The molecule has 36 heavy (non-hydrogen) atoms. The van der Waals surface area contributed by atoms with Crippen LogP contribution in [-0.2, 0) is 4.74 Å². The molecule has 0 saturated carbocycles. The summed E-state index contributed by atoms with van der Waals surface area (Å²) >= 11 is 5.97. The second-order valence-corrected chi connectivity index (χ2v) is 9.57. The Bertz CT molecular complexity index is 1190. The van der Waals surface area contributed by atoms with Gasteiger partial charge in [-0.1, -0.05) is 11.6 Å². The third-order valence-corrected chi connectivity index (χ3v) is 6.74. The molecule has 0 bridgehead atoms. The van der Waals surface area contributed by atoms with Crippen LogP contribution in [0.2, 0.25) is 5.02 Å². The number of nitrogens with one attached hydrogen (secondary N) is 1. The van der Waals surface area contributed by atoms with Gasteiger partial charge in [0, 0.05) is 50.3 Å². The molecule has 3 heterocycles. The van der Waals surface area contributed by atoms with Crippen LogP contribution < -0.4 is 14.8 Å². The summed E-state index contributed by atoms with van der Waals surface area (Å²) in [4.78, 5) is 11.2. The first kappa shape index (κ1) is 25.0. The summed E-state index contributed by atoms with van der Waals surface area (Å²) in [5.74, 6) is 1.33. The summed E-state index contributed by atoms with van der Waals surface area (Å²) in [5, 5.41) is 13.7. The number of rotatable bonds is 9. The molecule has 192 valence electrons. The first-order chi connectivity index (χ1) is 17.5. The van der Waals surface area contributed by atoms with Gasteiger partial charge in [-0.15, -0.1) is 0 Å². The molecular weight excluding hydrogens is 487 g/mol. The molecule has 2 fully saturated rings.